The number of hydrogen-bond acceptors (Lipinski definition) is 13. The number of carboxylic acids is 5. The summed E-state index contributed by atoms with van der Waals surface area (Å²) in [5.74, 6) is -7.67. The molecule has 168 valence electrons. The van der Waals surface area contributed by atoms with E-state index in [2.05, 4.69) is 0 Å². The molecule has 0 aliphatic heterocycles. The fraction of sp³-hybridized carbons (Fsp3) is 0.643. The molecule has 0 saturated heterocycles. The van der Waals surface area contributed by atoms with E-state index in [1.807, 2.05) is 0 Å². The Bertz CT molecular complexity index is 508. The normalized spacial score (nSPS) is 9.34. The van der Waals surface area contributed by atoms with E-state index in [0.29, 0.717) is 0 Å². The average Bonchev–Trinajstić information content (AvgIpc) is 2.46. The van der Waals surface area contributed by atoms with Gasteiger partial charge in [0.25, 0.3) is 0 Å². The van der Waals surface area contributed by atoms with Gasteiger partial charge in [-0.15, -0.1) is 0 Å². The Morgan fingerprint density at radius 2 is 0.594 bits per heavy atom. The third-order valence-electron chi connectivity index (χ3n) is 3.23. The molecular formula is C14H18CaN3Na3O10Yb. The summed E-state index contributed by atoms with van der Waals surface area (Å²) in [5, 5.41) is 53.3. The first-order valence-electron chi connectivity index (χ1n) is 7.66. The first-order valence-corrected chi connectivity index (χ1v) is 7.66. The van der Waals surface area contributed by atoms with Crippen LogP contribution in [0, 0.1) is 46.9 Å². The van der Waals surface area contributed by atoms with E-state index in [4.69, 9.17) is 0 Å². The second-order valence-corrected chi connectivity index (χ2v) is 5.56. The third-order valence-corrected chi connectivity index (χ3v) is 3.23. The van der Waals surface area contributed by atoms with Crippen LogP contribution in [0.3, 0.4) is 0 Å². The van der Waals surface area contributed by atoms with E-state index in [1.165, 1.54) is 4.90 Å². The third kappa shape index (κ3) is 31.0. The Hall–Kier alpha value is 3.01. The molecule has 0 N–H and O–H groups in total. The zero-order valence-corrected chi connectivity index (χ0v) is 28.2. The van der Waals surface area contributed by atoms with Gasteiger partial charge in [0, 0.05) is 106 Å². The van der Waals surface area contributed by atoms with E-state index < -0.39 is 62.6 Å². The number of carbonyl (C=O) groups excluding carboxylic acids is 5. The van der Waals surface area contributed by atoms with E-state index >= 15 is 0 Å². The maximum Gasteiger partial charge on any atom is 2.00 e. The van der Waals surface area contributed by atoms with Gasteiger partial charge in [0.15, 0.2) is 0 Å². The Labute approximate surface area is 320 Å². The van der Waals surface area contributed by atoms with Crippen LogP contribution in [-0.4, -0.2) is 141 Å². The van der Waals surface area contributed by atoms with E-state index in [1.54, 1.807) is 0 Å². The van der Waals surface area contributed by atoms with Crippen molar-refractivity contribution in [1.82, 2.24) is 14.7 Å². The van der Waals surface area contributed by atoms with Crippen molar-refractivity contribution in [3.05, 3.63) is 0 Å². The van der Waals surface area contributed by atoms with Crippen molar-refractivity contribution in [3.63, 3.8) is 0 Å². The van der Waals surface area contributed by atoms with Crippen molar-refractivity contribution in [2.75, 3.05) is 58.9 Å². The zero-order valence-electron chi connectivity index (χ0n) is 18.3. The van der Waals surface area contributed by atoms with Crippen LogP contribution in [0.25, 0.3) is 0 Å². The zero-order chi connectivity index (χ0) is 21.0. The van der Waals surface area contributed by atoms with E-state index in [9.17, 15) is 49.5 Å². The minimum atomic E-state index is -1.54. The number of carboxylic acid groups (broad SMARTS) is 5. The summed E-state index contributed by atoms with van der Waals surface area (Å²) in [5.41, 5.74) is 0. The van der Waals surface area contributed by atoms with Gasteiger partial charge in [-0.05, 0) is 0 Å². The van der Waals surface area contributed by atoms with Crippen molar-refractivity contribution < 1.29 is 185 Å². The minimum Gasteiger partial charge on any atom is -0.549 e. The molecule has 0 aromatic carbocycles. The van der Waals surface area contributed by atoms with Crippen LogP contribution in [0.1, 0.15) is 0 Å². The van der Waals surface area contributed by atoms with Crippen molar-refractivity contribution in [2.24, 2.45) is 0 Å². The molecule has 0 fully saturated rings. The van der Waals surface area contributed by atoms with Crippen molar-refractivity contribution in [2.45, 2.75) is 0 Å². The molecule has 0 radical (unpaired) electrons. The molecule has 18 heteroatoms. The number of hydrogen-bond donors (Lipinski definition) is 0. The Morgan fingerprint density at radius 1 is 0.438 bits per heavy atom. The fourth-order valence-corrected chi connectivity index (χ4v) is 2.18. The Morgan fingerprint density at radius 3 is 0.781 bits per heavy atom. The predicted octanol–water partition coefficient (Wildman–Crippen LogP) is -18.7. The first-order chi connectivity index (χ1) is 12.5. The minimum absolute atomic E-state index is 0. The van der Waals surface area contributed by atoms with Gasteiger partial charge < -0.3 is 49.5 Å². The van der Waals surface area contributed by atoms with Crippen LogP contribution in [0.5, 0.6) is 0 Å². The summed E-state index contributed by atoms with van der Waals surface area (Å²) in [7, 11) is 0. The number of rotatable bonds is 16. The Kier molecular flexibility index (Phi) is 43.0. The van der Waals surface area contributed by atoms with Crippen molar-refractivity contribution in [3.8, 4) is 0 Å². The molecule has 0 aliphatic rings. The van der Waals surface area contributed by atoms with Crippen molar-refractivity contribution in [1.29, 1.82) is 0 Å². The van der Waals surface area contributed by atoms with Crippen LogP contribution in [-0.2, 0) is 24.0 Å². The molecule has 13 nitrogen and oxygen atoms in total. The molecule has 0 atom stereocenters. The molecule has 0 heterocycles. The van der Waals surface area contributed by atoms with Gasteiger partial charge in [0.2, 0.25) is 0 Å². The summed E-state index contributed by atoms with van der Waals surface area (Å²) < 4.78 is 0. The van der Waals surface area contributed by atoms with Crippen LogP contribution >= 0.6 is 0 Å². The SMILES string of the molecule is O=C([O-])CN(CCN(CC(=O)[O-])CC(=O)[O-])CCN(CC(=O)[O-])CC(=O)[O-].[169Yb].[Ca+2].[Na+].[Na+].[Na+]. The second-order valence-electron chi connectivity index (χ2n) is 5.56. The summed E-state index contributed by atoms with van der Waals surface area (Å²) in [6, 6.07) is 0. The molecule has 0 rings (SSSR count). The number of nitrogens with zero attached hydrogens (tertiary/aromatic N) is 3. The first kappa shape index (κ1) is 48.1. The molecule has 32 heavy (non-hydrogen) atoms. The molecule has 0 aromatic heterocycles. The van der Waals surface area contributed by atoms with Gasteiger partial charge in [-0.3, -0.25) is 14.7 Å². The Balaban J connectivity index is -0.000000338. The molecule has 0 aliphatic carbocycles. The average molecular weight is 666 g/mol. The van der Waals surface area contributed by atoms with Gasteiger partial charge in [0.05, 0.1) is 29.8 Å². The molecule has 0 bridgehead atoms. The molecule has 0 saturated carbocycles. The van der Waals surface area contributed by atoms with Gasteiger partial charge in [-0.2, -0.15) is 0 Å². The maximum absolute atomic E-state index is 10.8. The van der Waals surface area contributed by atoms with Crippen LogP contribution < -0.4 is 114 Å². The number of carbonyl (C=O) groups is 5. The summed E-state index contributed by atoms with van der Waals surface area (Å²) in [6.45, 7) is -4.16. The predicted molar refractivity (Wildman–Crippen MR) is 80.1 cm³/mol. The summed E-state index contributed by atoms with van der Waals surface area (Å²) >= 11 is 0. The monoisotopic (exact) mass is 666 g/mol. The van der Waals surface area contributed by atoms with E-state index in [0.717, 1.165) is 9.80 Å². The summed E-state index contributed by atoms with van der Waals surface area (Å²) in [4.78, 5) is 56.4. The molecule has 0 aromatic rings. The standard InChI is InChI=1S/C14H23N3O10.Ca.3Na.Yb/c18-10(19)5-15(1-3-16(6-11(20)21)7-12(22)23)2-4-17(8-13(24)25)9-14(26)27;;;;;/h1-9H2,(H,18,19)(H,20,21)(H,22,23)(H,24,25)(H,26,27);;;;;/q;+2;3*+1;/p-5/i;;;;;1-4. The van der Waals surface area contributed by atoms with E-state index in [-0.39, 0.29) is 200 Å². The molecular weight excluding hydrogens is 648 g/mol. The van der Waals surface area contributed by atoms with Gasteiger partial charge >= 0.3 is 126 Å². The largest absolute Gasteiger partial charge is 2.00 e. The second kappa shape index (κ2) is 28.6. The molecule has 0 spiro atoms. The van der Waals surface area contributed by atoms with Gasteiger partial charge in [-0.1, -0.05) is 0 Å². The molecule has 0 amide bonds. The van der Waals surface area contributed by atoms with Crippen LogP contribution in [0.2, 0.25) is 0 Å². The maximum atomic E-state index is 10.8. The number of aliphatic carboxylic acids is 5. The molecule has 0 unspecified atom stereocenters. The van der Waals surface area contributed by atoms with Crippen molar-refractivity contribution >= 4 is 67.6 Å². The topological polar surface area (TPSA) is 210 Å². The van der Waals surface area contributed by atoms with Gasteiger partial charge in [-0.25, -0.2) is 0 Å². The van der Waals surface area contributed by atoms with Gasteiger partial charge in [0.1, 0.15) is 0 Å². The smallest absolute Gasteiger partial charge is 0.549 e. The summed E-state index contributed by atoms with van der Waals surface area (Å²) in [6.07, 6.45) is 0. The quantitative estimate of drug-likeness (QED) is 0.140. The van der Waals surface area contributed by atoms with Crippen LogP contribution in [0.4, 0.5) is 0 Å². The fourth-order valence-electron chi connectivity index (χ4n) is 2.18. The van der Waals surface area contributed by atoms with Crippen LogP contribution in [0.15, 0.2) is 0 Å².